The zero-order valence-corrected chi connectivity index (χ0v) is 21.9. The van der Waals surface area contributed by atoms with Crippen molar-refractivity contribution in [1.29, 1.82) is 0 Å². The van der Waals surface area contributed by atoms with Crippen molar-refractivity contribution in [3.63, 3.8) is 0 Å². The van der Waals surface area contributed by atoms with Crippen LogP contribution < -0.4 is 0 Å². The van der Waals surface area contributed by atoms with Crippen LogP contribution in [0.15, 0.2) is 9.98 Å². The number of halogens is 2. The molecule has 0 N–H and O–H groups in total. The van der Waals surface area contributed by atoms with Crippen molar-refractivity contribution >= 4 is 39.9 Å². The molecule has 0 bridgehead atoms. The second-order valence-corrected chi connectivity index (χ2v) is 15.1. The Kier molecular flexibility index (Phi) is 9.19. The standard InChI is InChI=1S/C24H38N2.2BrH.Ni/c1-3-11-18(12-4-1)25-23-20-15-7-9-17-10-8-16-21(22(17)20)24(23)26-19-13-5-2-6-14-19;;;/h17-22H,1-16H2;2*1H;/q;;;+2/p-2/t17?,20-,21+,22?;;;. The van der Waals surface area contributed by atoms with Gasteiger partial charge in [-0.2, -0.15) is 0 Å². The predicted octanol–water partition coefficient (Wildman–Crippen LogP) is 8.07. The summed E-state index contributed by atoms with van der Waals surface area (Å²) in [6.45, 7) is 0. The summed E-state index contributed by atoms with van der Waals surface area (Å²) in [4.78, 5) is 11.0. The second-order valence-electron chi connectivity index (χ2n) is 10.1. The molecule has 5 saturated carbocycles. The fourth-order valence-corrected chi connectivity index (χ4v) is 7.21. The van der Waals surface area contributed by atoms with Crippen LogP contribution in [-0.4, -0.2) is 23.5 Å². The summed E-state index contributed by atoms with van der Waals surface area (Å²) in [6.07, 6.45) is 22.5. The Bertz CT molecular complexity index is 533. The SMILES string of the molecule is C1CCC(N=C2C(=NC3CCCCC3)[C@@H]3CCCC4CCC[C@H]2C43)CC1.[Br][Ni][Br]. The molecule has 2 unspecified atom stereocenters. The van der Waals surface area contributed by atoms with E-state index in [2.05, 4.69) is 28.5 Å². The molecule has 5 aliphatic carbocycles. The summed E-state index contributed by atoms with van der Waals surface area (Å²) in [5.41, 5.74) is 3.09. The van der Waals surface area contributed by atoms with Crippen molar-refractivity contribution < 1.29 is 10.9 Å². The van der Waals surface area contributed by atoms with Gasteiger partial charge in [-0.1, -0.05) is 64.2 Å². The van der Waals surface area contributed by atoms with Gasteiger partial charge in [-0.05, 0) is 50.4 Å². The van der Waals surface area contributed by atoms with E-state index in [1.54, 1.807) is 11.4 Å². The van der Waals surface area contributed by atoms with Crippen molar-refractivity contribution in [2.45, 2.75) is 115 Å². The first kappa shape index (κ1) is 23.0. The Labute approximate surface area is 198 Å². The van der Waals surface area contributed by atoms with E-state index in [4.69, 9.17) is 9.98 Å². The van der Waals surface area contributed by atoms with Crippen LogP contribution in [0.4, 0.5) is 0 Å². The first-order valence-electron chi connectivity index (χ1n) is 12.3. The van der Waals surface area contributed by atoms with Crippen LogP contribution in [0.2, 0.25) is 0 Å². The molecule has 5 aliphatic rings. The van der Waals surface area contributed by atoms with E-state index in [9.17, 15) is 0 Å². The van der Waals surface area contributed by atoms with Gasteiger partial charge in [-0.15, -0.1) is 0 Å². The van der Waals surface area contributed by atoms with Crippen molar-refractivity contribution in [3.8, 4) is 0 Å². The Balaban J connectivity index is 0.000000645. The number of hydrogen-bond donors (Lipinski definition) is 0. The van der Waals surface area contributed by atoms with E-state index < -0.39 is 0 Å². The summed E-state index contributed by atoms with van der Waals surface area (Å²) >= 11 is 6.00. The third-order valence-electron chi connectivity index (χ3n) is 8.41. The van der Waals surface area contributed by atoms with Crippen LogP contribution in [0.5, 0.6) is 0 Å². The first-order chi connectivity index (χ1) is 14.3. The first-order valence-corrected chi connectivity index (χ1v) is 17.2. The van der Waals surface area contributed by atoms with E-state index in [1.807, 2.05) is 0 Å². The average Bonchev–Trinajstić information content (AvgIpc) is 3.05. The number of nitrogens with zero attached hydrogens (tertiary/aromatic N) is 2. The van der Waals surface area contributed by atoms with E-state index in [-0.39, 0.29) is 0 Å². The van der Waals surface area contributed by atoms with Gasteiger partial charge in [0.05, 0.1) is 23.5 Å². The van der Waals surface area contributed by atoms with E-state index in [1.165, 1.54) is 114 Å². The fourth-order valence-electron chi connectivity index (χ4n) is 7.21. The van der Waals surface area contributed by atoms with Crippen LogP contribution >= 0.6 is 28.5 Å². The molecule has 0 aromatic heterocycles. The van der Waals surface area contributed by atoms with Gasteiger partial charge in [-0.25, -0.2) is 0 Å². The number of aliphatic imine (C=N–C) groups is 2. The molecule has 5 heteroatoms. The van der Waals surface area contributed by atoms with Gasteiger partial charge < -0.3 is 0 Å². The number of hydrogen-bond acceptors (Lipinski definition) is 2. The van der Waals surface area contributed by atoms with E-state index in [0.717, 1.165) is 23.7 Å². The molecule has 0 spiro atoms. The van der Waals surface area contributed by atoms with Crippen LogP contribution in [0.3, 0.4) is 0 Å². The molecule has 29 heavy (non-hydrogen) atoms. The Morgan fingerprint density at radius 2 is 0.966 bits per heavy atom. The summed E-state index contributed by atoms with van der Waals surface area (Å²) in [5.74, 6) is 3.47. The molecule has 0 aromatic carbocycles. The normalized spacial score (nSPS) is 38.7. The van der Waals surface area contributed by atoms with Crippen LogP contribution in [0, 0.1) is 23.7 Å². The van der Waals surface area contributed by atoms with Gasteiger partial charge >= 0.3 is 39.3 Å². The van der Waals surface area contributed by atoms with Gasteiger partial charge in [0.1, 0.15) is 0 Å². The third kappa shape index (κ3) is 5.59. The zero-order chi connectivity index (χ0) is 20.1. The monoisotopic (exact) mass is 570 g/mol. The molecule has 5 fully saturated rings. The molecule has 0 aromatic rings. The molecule has 0 amide bonds. The second kappa shape index (κ2) is 11.6. The molecule has 0 saturated heterocycles. The van der Waals surface area contributed by atoms with E-state index in [0.29, 0.717) is 12.1 Å². The van der Waals surface area contributed by atoms with Crippen molar-refractivity contribution in [1.82, 2.24) is 0 Å². The topological polar surface area (TPSA) is 24.7 Å². The molecule has 168 valence electrons. The molecule has 4 atom stereocenters. The molecular weight excluding hydrogens is 535 g/mol. The zero-order valence-electron chi connectivity index (χ0n) is 17.7. The molecule has 2 nitrogen and oxygen atoms in total. The molecule has 0 heterocycles. The quantitative estimate of drug-likeness (QED) is 0.299. The molecule has 5 rings (SSSR count). The average molecular weight is 573 g/mol. The number of rotatable bonds is 2. The Morgan fingerprint density at radius 1 is 0.552 bits per heavy atom. The Hall–Kier alpha value is 0.794. The van der Waals surface area contributed by atoms with Crippen LogP contribution in [-0.2, 0) is 10.9 Å². The summed E-state index contributed by atoms with van der Waals surface area (Å²) in [6, 6.07) is 1.24. The Morgan fingerprint density at radius 3 is 1.38 bits per heavy atom. The maximum absolute atomic E-state index is 5.51. The predicted molar refractivity (Wildman–Crippen MR) is 128 cm³/mol. The summed E-state index contributed by atoms with van der Waals surface area (Å²) < 4.78 is 0. The van der Waals surface area contributed by atoms with Gasteiger partial charge in [0, 0.05) is 11.8 Å². The third-order valence-corrected chi connectivity index (χ3v) is 8.41. The molecule has 0 aliphatic heterocycles. The van der Waals surface area contributed by atoms with Crippen LogP contribution in [0.25, 0.3) is 0 Å². The summed E-state index contributed by atoms with van der Waals surface area (Å²) in [5, 5.41) is 0. The van der Waals surface area contributed by atoms with Gasteiger partial charge in [0.2, 0.25) is 0 Å². The summed E-state index contributed by atoms with van der Waals surface area (Å²) in [7, 11) is 1.25. The van der Waals surface area contributed by atoms with Crippen molar-refractivity contribution in [3.05, 3.63) is 0 Å². The minimum atomic E-state index is 0.621. The van der Waals surface area contributed by atoms with Crippen LogP contribution in [0.1, 0.15) is 103 Å². The molecular formula is C24H38Br2N2Ni. The van der Waals surface area contributed by atoms with Crippen molar-refractivity contribution in [2.75, 3.05) is 0 Å². The fraction of sp³-hybridized carbons (Fsp3) is 0.917. The van der Waals surface area contributed by atoms with Gasteiger partial charge in [-0.3, -0.25) is 9.98 Å². The van der Waals surface area contributed by atoms with Gasteiger partial charge in [0.15, 0.2) is 0 Å². The maximum atomic E-state index is 5.51. The minimum absolute atomic E-state index is 0.621. The van der Waals surface area contributed by atoms with E-state index >= 15 is 0 Å². The van der Waals surface area contributed by atoms with Gasteiger partial charge in [0.25, 0.3) is 0 Å². The molecule has 0 radical (unpaired) electrons. The van der Waals surface area contributed by atoms with Crippen molar-refractivity contribution in [2.24, 2.45) is 33.7 Å².